The number of carbonyl (C=O) groups excluding carboxylic acids is 1. The van der Waals surface area contributed by atoms with E-state index in [1.807, 2.05) is 31.2 Å². The van der Waals surface area contributed by atoms with Crippen molar-refractivity contribution in [1.82, 2.24) is 5.32 Å². The smallest absolute Gasteiger partial charge is 0.225 e. The van der Waals surface area contributed by atoms with Crippen molar-refractivity contribution < 1.29 is 13.2 Å². The first-order valence-electron chi connectivity index (χ1n) is 8.12. The van der Waals surface area contributed by atoms with E-state index in [1.54, 1.807) is 0 Å². The molecule has 1 aliphatic rings. The Morgan fingerprint density at radius 3 is 2.57 bits per heavy atom. The molecule has 1 fully saturated rings. The average molecular weight is 338 g/mol. The van der Waals surface area contributed by atoms with Crippen LogP contribution in [0.5, 0.6) is 0 Å². The van der Waals surface area contributed by atoms with Crippen LogP contribution in [0.4, 0.5) is 5.69 Å². The third kappa shape index (κ3) is 5.32. The summed E-state index contributed by atoms with van der Waals surface area (Å²) in [5.74, 6) is 0.699. The van der Waals surface area contributed by atoms with Gasteiger partial charge in [-0.1, -0.05) is 32.0 Å². The molecule has 1 saturated heterocycles. The summed E-state index contributed by atoms with van der Waals surface area (Å²) >= 11 is 0. The number of hydrogen-bond donors (Lipinski definition) is 2. The van der Waals surface area contributed by atoms with Crippen LogP contribution in [0, 0.1) is 0 Å². The molecule has 0 aliphatic carbocycles. The molecule has 6 heteroatoms. The molecule has 1 aromatic carbocycles. The Labute approximate surface area is 138 Å². The molecule has 0 spiro atoms. The molecule has 1 aliphatic heterocycles. The number of benzene rings is 1. The maximum absolute atomic E-state index is 12.2. The van der Waals surface area contributed by atoms with Gasteiger partial charge in [-0.15, -0.1) is 0 Å². The molecule has 128 valence electrons. The predicted octanol–water partition coefficient (Wildman–Crippen LogP) is 2.30. The Morgan fingerprint density at radius 1 is 1.26 bits per heavy atom. The molecule has 2 N–H and O–H groups in total. The minimum absolute atomic E-state index is 0.0363. The summed E-state index contributed by atoms with van der Waals surface area (Å²) in [5, 5.41) is 6.22. The van der Waals surface area contributed by atoms with E-state index in [0.29, 0.717) is 18.8 Å². The number of nitrogens with one attached hydrogen (secondary N) is 2. The summed E-state index contributed by atoms with van der Waals surface area (Å²) < 4.78 is 22.9. The number of amides is 1. The largest absolute Gasteiger partial charge is 0.326 e. The van der Waals surface area contributed by atoms with Crippen molar-refractivity contribution in [3.63, 3.8) is 0 Å². The van der Waals surface area contributed by atoms with Crippen LogP contribution < -0.4 is 10.6 Å². The lowest BCUT2D eigenvalue weighted by molar-refractivity contribution is -0.116. The van der Waals surface area contributed by atoms with Gasteiger partial charge in [0.15, 0.2) is 9.84 Å². The maximum atomic E-state index is 12.2. The van der Waals surface area contributed by atoms with Crippen LogP contribution in [-0.4, -0.2) is 37.9 Å². The highest BCUT2D eigenvalue weighted by atomic mass is 32.2. The zero-order chi connectivity index (χ0) is 17.0. The van der Waals surface area contributed by atoms with E-state index in [2.05, 4.69) is 24.5 Å². The summed E-state index contributed by atoms with van der Waals surface area (Å²) in [4.78, 5) is 12.2. The van der Waals surface area contributed by atoms with Gasteiger partial charge in [0.1, 0.15) is 0 Å². The molecule has 2 atom stereocenters. The summed E-state index contributed by atoms with van der Waals surface area (Å²) in [6.45, 7) is 6.10. The fourth-order valence-corrected chi connectivity index (χ4v) is 4.67. The molecule has 0 bridgehead atoms. The number of rotatable bonds is 6. The van der Waals surface area contributed by atoms with Crippen LogP contribution in [0.3, 0.4) is 0 Å². The van der Waals surface area contributed by atoms with Crippen molar-refractivity contribution in [3.05, 3.63) is 29.8 Å². The Hall–Kier alpha value is -1.40. The Balaban J connectivity index is 1.87. The average Bonchev–Trinajstić information content (AvgIpc) is 2.77. The molecular weight excluding hydrogens is 312 g/mol. The van der Waals surface area contributed by atoms with Gasteiger partial charge in [0, 0.05) is 24.2 Å². The van der Waals surface area contributed by atoms with Gasteiger partial charge in [-0.3, -0.25) is 4.79 Å². The van der Waals surface area contributed by atoms with Gasteiger partial charge in [-0.2, -0.15) is 0 Å². The normalized spacial score (nSPS) is 21.3. The maximum Gasteiger partial charge on any atom is 0.225 e. The van der Waals surface area contributed by atoms with Gasteiger partial charge in [-0.05, 0) is 30.9 Å². The van der Waals surface area contributed by atoms with Gasteiger partial charge < -0.3 is 10.6 Å². The molecule has 0 radical (unpaired) electrons. The van der Waals surface area contributed by atoms with Crippen molar-refractivity contribution in [2.75, 3.05) is 16.8 Å². The quantitative estimate of drug-likeness (QED) is 0.834. The summed E-state index contributed by atoms with van der Waals surface area (Å²) in [5.41, 5.74) is 1.96. The number of anilines is 1. The lowest BCUT2D eigenvalue weighted by atomic mass is 10.0. The minimum Gasteiger partial charge on any atom is -0.326 e. The molecule has 1 aromatic rings. The number of hydrogen-bond acceptors (Lipinski definition) is 4. The van der Waals surface area contributed by atoms with E-state index in [1.165, 1.54) is 0 Å². The molecule has 2 rings (SSSR count). The molecule has 0 aromatic heterocycles. The third-order valence-electron chi connectivity index (χ3n) is 4.10. The lowest BCUT2D eigenvalue weighted by Crippen LogP contribution is -2.39. The molecule has 1 heterocycles. The first-order chi connectivity index (χ1) is 10.8. The zero-order valence-electron chi connectivity index (χ0n) is 14.0. The van der Waals surface area contributed by atoms with E-state index in [9.17, 15) is 13.2 Å². The van der Waals surface area contributed by atoms with Crippen molar-refractivity contribution in [1.29, 1.82) is 0 Å². The molecular formula is C17H26N2O3S. The van der Waals surface area contributed by atoms with E-state index >= 15 is 0 Å². The third-order valence-corrected chi connectivity index (χ3v) is 5.87. The van der Waals surface area contributed by atoms with Crippen LogP contribution >= 0.6 is 0 Å². The van der Waals surface area contributed by atoms with Gasteiger partial charge >= 0.3 is 0 Å². The number of sulfone groups is 1. The van der Waals surface area contributed by atoms with E-state index in [0.717, 1.165) is 11.3 Å². The fourth-order valence-electron chi connectivity index (χ4n) is 2.98. The molecule has 1 amide bonds. The second-order valence-corrected chi connectivity index (χ2v) is 8.89. The van der Waals surface area contributed by atoms with E-state index in [4.69, 9.17) is 0 Å². The van der Waals surface area contributed by atoms with Gasteiger partial charge in [0.2, 0.25) is 5.91 Å². The van der Waals surface area contributed by atoms with Gasteiger partial charge in [0.05, 0.1) is 11.5 Å². The minimum atomic E-state index is -2.90. The fraction of sp³-hybridized carbons (Fsp3) is 0.588. The van der Waals surface area contributed by atoms with Crippen LogP contribution in [0.2, 0.25) is 0 Å². The Morgan fingerprint density at radius 2 is 1.96 bits per heavy atom. The molecule has 0 unspecified atom stereocenters. The Kier molecular flexibility index (Phi) is 5.81. The van der Waals surface area contributed by atoms with Crippen molar-refractivity contribution in [3.8, 4) is 0 Å². The topological polar surface area (TPSA) is 75.3 Å². The molecule has 5 nitrogen and oxygen atoms in total. The highest BCUT2D eigenvalue weighted by Crippen LogP contribution is 2.23. The van der Waals surface area contributed by atoms with Crippen LogP contribution in [0.1, 0.15) is 45.1 Å². The highest BCUT2D eigenvalue weighted by Gasteiger charge is 2.28. The van der Waals surface area contributed by atoms with Gasteiger partial charge in [0.25, 0.3) is 0 Å². The lowest BCUT2D eigenvalue weighted by Gasteiger charge is -2.19. The zero-order valence-corrected chi connectivity index (χ0v) is 14.8. The highest BCUT2D eigenvalue weighted by molar-refractivity contribution is 7.91. The second-order valence-electron chi connectivity index (χ2n) is 6.66. The van der Waals surface area contributed by atoms with E-state index in [-0.39, 0.29) is 29.5 Å². The predicted molar refractivity (Wildman–Crippen MR) is 93.4 cm³/mol. The number of carbonyl (C=O) groups is 1. The standard InChI is InChI=1S/C17H26N2O3S/c1-12(2)15-6-4-5-7-16(15)19-17(20)10-13(3)18-14-8-9-23(21,22)11-14/h4-7,12-14,18H,8-11H2,1-3H3,(H,19,20)/t13-,14+/m1/s1. The van der Waals surface area contributed by atoms with Crippen LogP contribution in [0.25, 0.3) is 0 Å². The second kappa shape index (κ2) is 7.45. The van der Waals surface area contributed by atoms with Gasteiger partial charge in [-0.25, -0.2) is 8.42 Å². The monoisotopic (exact) mass is 338 g/mol. The summed E-state index contributed by atoms with van der Waals surface area (Å²) in [6.07, 6.45) is 0.952. The summed E-state index contributed by atoms with van der Waals surface area (Å²) in [7, 11) is -2.90. The van der Waals surface area contributed by atoms with Crippen molar-refractivity contribution in [2.24, 2.45) is 0 Å². The van der Waals surface area contributed by atoms with Crippen molar-refractivity contribution in [2.45, 2.75) is 51.6 Å². The SMILES string of the molecule is CC(C)c1ccccc1NC(=O)C[C@@H](C)N[C@H]1CCS(=O)(=O)C1. The Bertz CT molecular complexity index is 656. The van der Waals surface area contributed by atoms with E-state index < -0.39 is 9.84 Å². The first-order valence-corrected chi connectivity index (χ1v) is 9.94. The number of para-hydroxylation sites is 1. The molecule has 0 saturated carbocycles. The van der Waals surface area contributed by atoms with Crippen LogP contribution in [0.15, 0.2) is 24.3 Å². The first kappa shape index (κ1) is 17.9. The molecule has 23 heavy (non-hydrogen) atoms. The summed E-state index contributed by atoms with van der Waals surface area (Å²) in [6, 6.07) is 7.72. The van der Waals surface area contributed by atoms with Crippen LogP contribution in [-0.2, 0) is 14.6 Å². The van der Waals surface area contributed by atoms with Crippen molar-refractivity contribution >= 4 is 21.4 Å².